The van der Waals surface area contributed by atoms with Gasteiger partial charge in [-0.2, -0.15) is 5.26 Å². The van der Waals surface area contributed by atoms with E-state index in [1.807, 2.05) is 79.8 Å². The lowest BCUT2D eigenvalue weighted by molar-refractivity contribution is 1.43. The number of allylic oxidation sites excluding steroid dienone is 10. The Bertz CT molecular complexity index is 614. The Morgan fingerprint density at radius 1 is 1.00 bits per heavy atom. The summed E-state index contributed by atoms with van der Waals surface area (Å²) in [5.74, 6) is 0. The molecule has 0 saturated carbocycles. The van der Waals surface area contributed by atoms with Gasteiger partial charge in [-0.05, 0) is 29.7 Å². The normalized spacial score (nSPS) is 14.6. The van der Waals surface area contributed by atoms with Crippen LogP contribution in [0.1, 0.15) is 12.5 Å². The van der Waals surface area contributed by atoms with Crippen molar-refractivity contribution >= 4 is 5.57 Å². The van der Waals surface area contributed by atoms with Crippen LogP contribution in [0.15, 0.2) is 84.0 Å². The van der Waals surface area contributed by atoms with Crippen molar-refractivity contribution < 1.29 is 0 Å². The summed E-state index contributed by atoms with van der Waals surface area (Å²) >= 11 is 0. The summed E-state index contributed by atoms with van der Waals surface area (Å²) < 4.78 is 0. The van der Waals surface area contributed by atoms with Crippen LogP contribution in [0.4, 0.5) is 0 Å². The van der Waals surface area contributed by atoms with Crippen LogP contribution in [-0.4, -0.2) is 0 Å². The fourth-order valence-corrected chi connectivity index (χ4v) is 1.87. The molecule has 0 spiro atoms. The predicted octanol–water partition coefficient (Wildman–Crippen LogP) is 4.59. The Morgan fingerprint density at radius 3 is 2.21 bits per heavy atom. The molecule has 92 valence electrons. The smallest absolute Gasteiger partial charge is 0.0950 e. The van der Waals surface area contributed by atoms with Gasteiger partial charge in [0, 0.05) is 5.57 Å². The van der Waals surface area contributed by atoms with E-state index >= 15 is 0 Å². The molecule has 0 atom stereocenters. The zero-order valence-corrected chi connectivity index (χ0v) is 10.9. The van der Waals surface area contributed by atoms with Crippen LogP contribution >= 0.6 is 0 Å². The topological polar surface area (TPSA) is 23.8 Å². The van der Waals surface area contributed by atoms with Crippen LogP contribution in [0, 0.1) is 11.3 Å². The summed E-state index contributed by atoms with van der Waals surface area (Å²) in [6, 6.07) is 12.2. The van der Waals surface area contributed by atoms with Gasteiger partial charge in [-0.15, -0.1) is 0 Å². The first-order valence-corrected chi connectivity index (χ1v) is 6.21. The van der Waals surface area contributed by atoms with Crippen LogP contribution in [0.5, 0.6) is 0 Å². The molecule has 1 aliphatic carbocycles. The molecule has 1 aromatic carbocycles. The second-order valence-corrected chi connectivity index (χ2v) is 4.26. The van der Waals surface area contributed by atoms with Gasteiger partial charge in [-0.25, -0.2) is 0 Å². The minimum atomic E-state index is 0.720. The third kappa shape index (κ3) is 3.43. The molecule has 0 N–H and O–H groups in total. The molecule has 0 saturated heterocycles. The molecule has 19 heavy (non-hydrogen) atoms. The van der Waals surface area contributed by atoms with Gasteiger partial charge in [0.05, 0.1) is 6.07 Å². The first kappa shape index (κ1) is 12.9. The van der Waals surface area contributed by atoms with E-state index in [1.165, 1.54) is 0 Å². The van der Waals surface area contributed by atoms with Gasteiger partial charge in [-0.1, -0.05) is 66.8 Å². The molecule has 1 nitrogen and oxygen atoms in total. The molecule has 1 aromatic rings. The van der Waals surface area contributed by atoms with Gasteiger partial charge in [0.15, 0.2) is 0 Å². The second kappa shape index (κ2) is 6.37. The predicted molar refractivity (Wildman–Crippen MR) is 80.2 cm³/mol. The molecular weight excluding hydrogens is 230 g/mol. The maximum absolute atomic E-state index is 9.17. The van der Waals surface area contributed by atoms with Crippen LogP contribution in [0.25, 0.3) is 5.57 Å². The highest BCUT2D eigenvalue weighted by molar-refractivity contribution is 5.80. The van der Waals surface area contributed by atoms with Crippen molar-refractivity contribution in [3.63, 3.8) is 0 Å². The summed E-state index contributed by atoms with van der Waals surface area (Å²) in [6.07, 6.45) is 14.1. The van der Waals surface area contributed by atoms with Crippen molar-refractivity contribution in [2.75, 3.05) is 0 Å². The van der Waals surface area contributed by atoms with E-state index in [2.05, 4.69) is 6.07 Å². The maximum Gasteiger partial charge on any atom is 0.0950 e. The first-order valence-electron chi connectivity index (χ1n) is 6.21. The second-order valence-electron chi connectivity index (χ2n) is 4.26. The van der Waals surface area contributed by atoms with Gasteiger partial charge in [-0.3, -0.25) is 0 Å². The number of hydrogen-bond acceptors (Lipinski definition) is 1. The maximum atomic E-state index is 9.17. The molecule has 0 bridgehead atoms. The molecule has 0 unspecified atom stereocenters. The third-order valence-electron chi connectivity index (χ3n) is 2.88. The Balaban J connectivity index is 2.48. The van der Waals surface area contributed by atoms with E-state index in [9.17, 15) is 0 Å². The van der Waals surface area contributed by atoms with Crippen molar-refractivity contribution in [1.29, 1.82) is 5.26 Å². The summed E-state index contributed by atoms with van der Waals surface area (Å²) in [7, 11) is 0. The monoisotopic (exact) mass is 245 g/mol. The summed E-state index contributed by atoms with van der Waals surface area (Å²) in [5.41, 5.74) is 3.83. The number of hydrogen-bond donors (Lipinski definition) is 0. The number of benzene rings is 1. The van der Waals surface area contributed by atoms with Crippen molar-refractivity contribution in [1.82, 2.24) is 0 Å². The fraction of sp³-hybridized carbons (Fsp3) is 0.0556. The van der Waals surface area contributed by atoms with Gasteiger partial charge >= 0.3 is 0 Å². The van der Waals surface area contributed by atoms with E-state index in [0.29, 0.717) is 0 Å². The zero-order valence-electron chi connectivity index (χ0n) is 10.9. The van der Waals surface area contributed by atoms with Crippen LogP contribution in [0.2, 0.25) is 0 Å². The molecule has 0 aliphatic heterocycles. The fourth-order valence-electron chi connectivity index (χ4n) is 1.87. The molecule has 0 aromatic heterocycles. The van der Waals surface area contributed by atoms with Gasteiger partial charge in [0.25, 0.3) is 0 Å². The van der Waals surface area contributed by atoms with Crippen molar-refractivity contribution in [2.45, 2.75) is 6.92 Å². The van der Waals surface area contributed by atoms with Crippen molar-refractivity contribution in [3.05, 3.63) is 89.6 Å². The number of rotatable bonds is 2. The molecule has 1 heteroatoms. The van der Waals surface area contributed by atoms with Crippen LogP contribution < -0.4 is 0 Å². The van der Waals surface area contributed by atoms with Crippen LogP contribution in [0.3, 0.4) is 0 Å². The average Bonchev–Trinajstić information content (AvgIpc) is 2.73. The molecule has 0 amide bonds. The van der Waals surface area contributed by atoms with Crippen molar-refractivity contribution in [3.8, 4) is 6.07 Å². The lowest BCUT2D eigenvalue weighted by atomic mass is 9.98. The molecular formula is C18H15N. The van der Waals surface area contributed by atoms with E-state index in [1.54, 1.807) is 0 Å². The Labute approximate surface area is 114 Å². The third-order valence-corrected chi connectivity index (χ3v) is 2.88. The standard InChI is InChI=1S/C18H15N/c1-15(14-19)18(17-11-7-4-8-12-17)13-16-9-5-2-3-6-10-16/h2-13H,1H3/b18-15-. The number of nitrogens with zero attached hydrogens (tertiary/aromatic N) is 1. The largest absolute Gasteiger partial charge is 0.193 e. The van der Waals surface area contributed by atoms with Crippen molar-refractivity contribution in [2.24, 2.45) is 0 Å². The SMILES string of the molecule is C/C(C#N)=C(\C=C1C=CC=CC=C1)c1ccccc1. The van der Waals surface area contributed by atoms with Gasteiger partial charge in [0.2, 0.25) is 0 Å². The van der Waals surface area contributed by atoms with E-state index in [-0.39, 0.29) is 0 Å². The zero-order chi connectivity index (χ0) is 13.5. The van der Waals surface area contributed by atoms with E-state index < -0.39 is 0 Å². The first-order chi connectivity index (χ1) is 9.31. The minimum absolute atomic E-state index is 0.720. The van der Waals surface area contributed by atoms with E-state index in [0.717, 1.165) is 22.3 Å². The highest BCUT2D eigenvalue weighted by atomic mass is 14.2. The highest BCUT2D eigenvalue weighted by Crippen LogP contribution is 2.22. The lowest BCUT2D eigenvalue weighted by Gasteiger charge is -2.05. The Kier molecular flexibility index (Phi) is 4.31. The van der Waals surface area contributed by atoms with Gasteiger partial charge in [0.1, 0.15) is 0 Å². The summed E-state index contributed by atoms with van der Waals surface area (Å²) in [6.45, 7) is 1.85. The van der Waals surface area contributed by atoms with Gasteiger partial charge < -0.3 is 0 Å². The number of nitriles is 1. The summed E-state index contributed by atoms with van der Waals surface area (Å²) in [5, 5.41) is 9.17. The molecule has 0 heterocycles. The highest BCUT2D eigenvalue weighted by Gasteiger charge is 2.03. The van der Waals surface area contributed by atoms with E-state index in [4.69, 9.17) is 5.26 Å². The van der Waals surface area contributed by atoms with Crippen LogP contribution in [-0.2, 0) is 0 Å². The molecule has 0 fully saturated rings. The molecule has 1 aliphatic rings. The Hall–Kier alpha value is -2.59. The minimum Gasteiger partial charge on any atom is -0.193 e. The molecule has 0 radical (unpaired) electrons. The summed E-state index contributed by atoms with van der Waals surface area (Å²) in [4.78, 5) is 0. The lowest BCUT2D eigenvalue weighted by Crippen LogP contribution is -1.86. The Morgan fingerprint density at radius 2 is 1.63 bits per heavy atom. The molecule has 2 rings (SSSR count). The quantitative estimate of drug-likeness (QED) is 0.699. The average molecular weight is 245 g/mol.